The van der Waals surface area contributed by atoms with E-state index in [0.717, 1.165) is 24.0 Å². The van der Waals surface area contributed by atoms with Crippen molar-refractivity contribution in [2.24, 2.45) is 0 Å². The summed E-state index contributed by atoms with van der Waals surface area (Å²) in [6.07, 6.45) is 0.870. The number of hydrogen-bond acceptors (Lipinski definition) is 3. The predicted octanol–water partition coefficient (Wildman–Crippen LogP) is 2.84. The van der Waals surface area contributed by atoms with Crippen molar-refractivity contribution in [1.29, 1.82) is 0 Å². The molecule has 0 aromatic heterocycles. The third kappa shape index (κ3) is 2.69. The van der Waals surface area contributed by atoms with Crippen LogP contribution in [0.5, 0.6) is 0 Å². The maximum absolute atomic E-state index is 10.8. The highest BCUT2D eigenvalue weighted by Gasteiger charge is 2.41. The van der Waals surface area contributed by atoms with Gasteiger partial charge >= 0.3 is 0 Å². The van der Waals surface area contributed by atoms with Crippen LogP contribution in [-0.2, 0) is 9.47 Å². The Morgan fingerprint density at radius 1 is 1.11 bits per heavy atom. The fraction of sp³-hybridized carbons (Fsp3) is 0.625. The van der Waals surface area contributed by atoms with Gasteiger partial charge in [-0.1, -0.05) is 12.1 Å². The van der Waals surface area contributed by atoms with Crippen LogP contribution in [-0.4, -0.2) is 31.0 Å². The molecule has 1 heterocycles. The van der Waals surface area contributed by atoms with Crippen LogP contribution < -0.4 is 0 Å². The van der Waals surface area contributed by atoms with E-state index in [1.54, 1.807) is 7.11 Å². The average Bonchev–Trinajstić information content (AvgIpc) is 2.43. The van der Waals surface area contributed by atoms with Crippen LogP contribution in [0.2, 0.25) is 0 Å². The number of aliphatic hydroxyl groups excluding tert-OH is 1. The van der Waals surface area contributed by atoms with Crippen LogP contribution in [0.3, 0.4) is 0 Å². The van der Waals surface area contributed by atoms with Gasteiger partial charge in [-0.05, 0) is 43.0 Å². The lowest BCUT2D eigenvalue weighted by molar-refractivity contribution is -0.154. The fourth-order valence-electron chi connectivity index (χ4n) is 2.87. The van der Waals surface area contributed by atoms with Crippen molar-refractivity contribution >= 4 is 0 Å². The van der Waals surface area contributed by atoms with Crippen LogP contribution in [0, 0.1) is 20.8 Å². The van der Waals surface area contributed by atoms with Gasteiger partial charge in [0.1, 0.15) is 11.7 Å². The Hall–Kier alpha value is -0.900. The maximum Gasteiger partial charge on any atom is 0.108 e. The monoisotopic (exact) mass is 264 g/mol. The summed E-state index contributed by atoms with van der Waals surface area (Å²) in [4.78, 5) is 0. The number of benzene rings is 1. The van der Waals surface area contributed by atoms with E-state index in [2.05, 4.69) is 26.0 Å². The summed E-state index contributed by atoms with van der Waals surface area (Å²) in [6, 6.07) is 4.22. The summed E-state index contributed by atoms with van der Waals surface area (Å²) >= 11 is 0. The van der Waals surface area contributed by atoms with Crippen LogP contribution in [0.1, 0.15) is 41.2 Å². The van der Waals surface area contributed by atoms with E-state index in [4.69, 9.17) is 9.47 Å². The molecule has 1 unspecified atom stereocenters. The van der Waals surface area contributed by atoms with E-state index in [0.29, 0.717) is 13.2 Å². The smallest absolute Gasteiger partial charge is 0.108 e. The predicted molar refractivity (Wildman–Crippen MR) is 75.4 cm³/mol. The van der Waals surface area contributed by atoms with Gasteiger partial charge in [0.25, 0.3) is 0 Å². The minimum absolute atomic E-state index is 0.509. The molecule has 1 aliphatic rings. The normalized spacial score (nSPS) is 20.3. The van der Waals surface area contributed by atoms with Gasteiger partial charge in [0.2, 0.25) is 0 Å². The average molecular weight is 264 g/mol. The quantitative estimate of drug-likeness (QED) is 0.912. The zero-order valence-electron chi connectivity index (χ0n) is 12.3. The van der Waals surface area contributed by atoms with Crippen molar-refractivity contribution in [3.05, 3.63) is 34.4 Å². The van der Waals surface area contributed by atoms with Gasteiger partial charge in [0.05, 0.1) is 0 Å². The number of hydrogen-bond donors (Lipinski definition) is 1. The molecule has 0 saturated carbocycles. The third-order valence-corrected chi connectivity index (χ3v) is 4.42. The van der Waals surface area contributed by atoms with Crippen molar-refractivity contribution in [3.8, 4) is 0 Å². The van der Waals surface area contributed by atoms with Crippen molar-refractivity contribution in [2.45, 2.75) is 45.3 Å². The topological polar surface area (TPSA) is 38.7 Å². The van der Waals surface area contributed by atoms with Crippen LogP contribution in [0.15, 0.2) is 12.1 Å². The summed E-state index contributed by atoms with van der Waals surface area (Å²) < 4.78 is 11.1. The number of aliphatic hydroxyl groups is 1. The molecule has 3 heteroatoms. The second kappa shape index (κ2) is 5.61. The molecule has 1 aliphatic heterocycles. The highest BCUT2D eigenvalue weighted by molar-refractivity contribution is 5.38. The third-order valence-electron chi connectivity index (χ3n) is 4.42. The van der Waals surface area contributed by atoms with Crippen molar-refractivity contribution < 1.29 is 14.6 Å². The first-order valence-corrected chi connectivity index (χ1v) is 6.89. The van der Waals surface area contributed by atoms with Gasteiger partial charge in [0.15, 0.2) is 0 Å². The van der Waals surface area contributed by atoms with Crippen molar-refractivity contribution in [1.82, 2.24) is 0 Å². The lowest BCUT2D eigenvalue weighted by Gasteiger charge is -2.40. The van der Waals surface area contributed by atoms with Gasteiger partial charge in [-0.3, -0.25) is 0 Å². The second-order valence-corrected chi connectivity index (χ2v) is 5.58. The molecule has 0 radical (unpaired) electrons. The fourth-order valence-corrected chi connectivity index (χ4v) is 2.87. The van der Waals surface area contributed by atoms with E-state index in [1.807, 2.05) is 6.92 Å². The van der Waals surface area contributed by atoms with E-state index < -0.39 is 11.7 Å². The van der Waals surface area contributed by atoms with Gasteiger partial charge in [-0.2, -0.15) is 0 Å². The van der Waals surface area contributed by atoms with Crippen LogP contribution in [0.25, 0.3) is 0 Å². The zero-order chi connectivity index (χ0) is 14.0. The molecule has 0 bridgehead atoms. The molecule has 0 spiro atoms. The Labute approximate surface area is 115 Å². The Bertz CT molecular complexity index is 448. The Balaban J connectivity index is 2.37. The second-order valence-electron chi connectivity index (χ2n) is 5.58. The van der Waals surface area contributed by atoms with Crippen molar-refractivity contribution in [3.63, 3.8) is 0 Å². The number of methoxy groups -OCH3 is 1. The molecule has 0 aliphatic carbocycles. The first-order chi connectivity index (χ1) is 9.00. The summed E-state index contributed by atoms with van der Waals surface area (Å²) in [7, 11) is 1.69. The van der Waals surface area contributed by atoms with E-state index in [9.17, 15) is 5.11 Å². The lowest BCUT2D eigenvalue weighted by Crippen LogP contribution is -2.44. The largest absolute Gasteiger partial charge is 0.385 e. The Morgan fingerprint density at radius 3 is 2.26 bits per heavy atom. The lowest BCUT2D eigenvalue weighted by atomic mass is 9.82. The van der Waals surface area contributed by atoms with Crippen LogP contribution in [0.4, 0.5) is 0 Å². The van der Waals surface area contributed by atoms with Gasteiger partial charge < -0.3 is 14.6 Å². The summed E-state index contributed by atoms with van der Waals surface area (Å²) in [5.41, 5.74) is 4.06. The minimum atomic E-state index is -0.597. The Morgan fingerprint density at radius 2 is 1.68 bits per heavy atom. The van der Waals surface area contributed by atoms with E-state index in [1.165, 1.54) is 11.1 Å². The molecule has 106 valence electrons. The summed E-state index contributed by atoms with van der Waals surface area (Å²) in [5.74, 6) is 0. The van der Waals surface area contributed by atoms with Gasteiger partial charge in [-0.15, -0.1) is 0 Å². The minimum Gasteiger partial charge on any atom is -0.385 e. The Kier molecular flexibility index (Phi) is 4.29. The molecule has 3 nitrogen and oxygen atoms in total. The molecule has 19 heavy (non-hydrogen) atoms. The SMILES string of the molecule is COC1(C(O)c2cc(C)c(C)cc2C)CCOCC1. The number of aryl methyl sites for hydroxylation is 3. The van der Waals surface area contributed by atoms with E-state index >= 15 is 0 Å². The molecule has 1 fully saturated rings. The molecule has 1 atom stereocenters. The highest BCUT2D eigenvalue weighted by Crippen LogP contribution is 2.38. The molecule has 0 amide bonds. The van der Waals surface area contributed by atoms with E-state index in [-0.39, 0.29) is 0 Å². The van der Waals surface area contributed by atoms with Gasteiger partial charge in [0, 0.05) is 33.2 Å². The summed E-state index contributed by atoms with van der Waals surface area (Å²) in [5, 5.41) is 10.8. The molecule has 1 aromatic rings. The van der Waals surface area contributed by atoms with Crippen molar-refractivity contribution in [2.75, 3.05) is 20.3 Å². The molecular weight excluding hydrogens is 240 g/mol. The van der Waals surface area contributed by atoms with Gasteiger partial charge in [-0.25, -0.2) is 0 Å². The summed E-state index contributed by atoms with van der Waals surface area (Å²) in [6.45, 7) is 7.52. The molecule has 2 rings (SSSR count). The zero-order valence-corrected chi connectivity index (χ0v) is 12.3. The number of rotatable bonds is 3. The van der Waals surface area contributed by atoms with Crippen LogP contribution >= 0.6 is 0 Å². The maximum atomic E-state index is 10.8. The first kappa shape index (κ1) is 14.5. The first-order valence-electron chi connectivity index (χ1n) is 6.89. The molecule has 1 saturated heterocycles. The molecule has 1 N–H and O–H groups in total. The molecule has 1 aromatic carbocycles. The molecular formula is C16H24O3. The highest BCUT2D eigenvalue weighted by atomic mass is 16.5. The number of ether oxygens (including phenoxy) is 2. The standard InChI is InChI=1S/C16H24O3/c1-11-9-13(3)14(10-12(11)2)15(17)16(18-4)5-7-19-8-6-16/h9-10,15,17H,5-8H2,1-4H3.